The zero-order valence-corrected chi connectivity index (χ0v) is 21.0. The van der Waals surface area contributed by atoms with E-state index in [9.17, 15) is 14.9 Å². The Labute approximate surface area is 214 Å². The van der Waals surface area contributed by atoms with Crippen molar-refractivity contribution in [2.75, 3.05) is 34.5 Å². The predicted octanol–water partition coefficient (Wildman–Crippen LogP) is 3.80. The number of nitriles is 1. The Kier molecular flexibility index (Phi) is 7.51. The largest absolute Gasteiger partial charge is 0.493 e. The van der Waals surface area contributed by atoms with Gasteiger partial charge in [-0.15, -0.1) is 0 Å². The summed E-state index contributed by atoms with van der Waals surface area (Å²) >= 11 is 0. The molecule has 4 rings (SSSR count). The molecule has 2 amide bonds. The highest BCUT2D eigenvalue weighted by Crippen LogP contribution is 2.35. The summed E-state index contributed by atoms with van der Waals surface area (Å²) in [7, 11) is 4.59. The van der Waals surface area contributed by atoms with Crippen molar-refractivity contribution in [2.24, 2.45) is 0 Å². The summed E-state index contributed by atoms with van der Waals surface area (Å²) in [6.45, 7) is 1.80. The van der Waals surface area contributed by atoms with Gasteiger partial charge in [0.2, 0.25) is 0 Å². The number of hydrogen-bond acceptors (Lipinski definition) is 7. The highest BCUT2D eigenvalue weighted by molar-refractivity contribution is 6.19. The van der Waals surface area contributed by atoms with Crippen LogP contribution in [0.3, 0.4) is 0 Å². The molecular weight excluding hydrogens is 472 g/mol. The number of amides is 2. The summed E-state index contributed by atoms with van der Waals surface area (Å²) in [6, 6.07) is 16.9. The molecule has 0 atom stereocenters. The summed E-state index contributed by atoms with van der Waals surface area (Å²) in [6.07, 6.45) is 3.47. The molecule has 0 saturated heterocycles. The summed E-state index contributed by atoms with van der Waals surface area (Å²) in [5.74, 6) is -0.0230. The van der Waals surface area contributed by atoms with Crippen LogP contribution in [-0.2, 0) is 14.3 Å². The number of ether oxygens (including phenoxy) is 3. The van der Waals surface area contributed by atoms with Gasteiger partial charge in [-0.1, -0.05) is 18.2 Å². The minimum atomic E-state index is -0.626. The molecule has 2 aromatic carbocycles. The first-order valence-electron chi connectivity index (χ1n) is 11.5. The molecule has 9 nitrogen and oxygen atoms in total. The molecule has 0 aliphatic carbocycles. The van der Waals surface area contributed by atoms with Gasteiger partial charge in [0.25, 0.3) is 11.8 Å². The molecule has 0 fully saturated rings. The van der Waals surface area contributed by atoms with Crippen molar-refractivity contribution in [3.8, 4) is 34.5 Å². The number of aromatic nitrogens is 2. The highest BCUT2D eigenvalue weighted by Gasteiger charge is 2.35. The normalized spacial score (nSPS) is 14.8. The van der Waals surface area contributed by atoms with Crippen molar-refractivity contribution in [3.05, 3.63) is 77.0 Å². The Hall–Kier alpha value is -4.68. The minimum Gasteiger partial charge on any atom is -0.493 e. The van der Waals surface area contributed by atoms with E-state index >= 15 is 0 Å². The van der Waals surface area contributed by atoms with Crippen molar-refractivity contribution in [1.82, 2.24) is 14.7 Å². The monoisotopic (exact) mass is 498 g/mol. The Bertz CT molecular complexity index is 1450. The van der Waals surface area contributed by atoms with E-state index in [-0.39, 0.29) is 24.3 Å². The van der Waals surface area contributed by atoms with Crippen LogP contribution in [0.5, 0.6) is 11.5 Å². The van der Waals surface area contributed by atoms with Gasteiger partial charge >= 0.3 is 0 Å². The maximum absolute atomic E-state index is 13.4. The van der Waals surface area contributed by atoms with Gasteiger partial charge in [0.1, 0.15) is 17.3 Å². The van der Waals surface area contributed by atoms with Crippen LogP contribution in [-0.4, -0.2) is 61.0 Å². The molecule has 1 aromatic heterocycles. The molecule has 9 heteroatoms. The molecule has 1 aliphatic rings. The second-order valence-corrected chi connectivity index (χ2v) is 8.21. The fourth-order valence-corrected chi connectivity index (χ4v) is 4.08. The van der Waals surface area contributed by atoms with Crippen LogP contribution < -0.4 is 9.47 Å². The van der Waals surface area contributed by atoms with Crippen molar-refractivity contribution in [2.45, 2.75) is 6.92 Å². The molecule has 2 heterocycles. The van der Waals surface area contributed by atoms with Gasteiger partial charge < -0.3 is 14.2 Å². The Morgan fingerprint density at radius 2 is 1.73 bits per heavy atom. The number of carbonyl (C=O) groups is 2. The predicted molar refractivity (Wildman–Crippen MR) is 137 cm³/mol. The van der Waals surface area contributed by atoms with Crippen molar-refractivity contribution in [1.29, 1.82) is 5.26 Å². The van der Waals surface area contributed by atoms with E-state index in [0.29, 0.717) is 28.3 Å². The third-order valence-electron chi connectivity index (χ3n) is 6.06. The van der Waals surface area contributed by atoms with Crippen LogP contribution in [0.4, 0.5) is 0 Å². The lowest BCUT2D eigenvalue weighted by molar-refractivity contribution is -0.141. The van der Waals surface area contributed by atoms with Crippen LogP contribution in [0.1, 0.15) is 12.5 Å². The summed E-state index contributed by atoms with van der Waals surface area (Å²) < 4.78 is 17.6. The molecule has 0 N–H and O–H groups in total. The quantitative estimate of drug-likeness (QED) is 0.344. The van der Waals surface area contributed by atoms with Gasteiger partial charge in [0.15, 0.2) is 11.5 Å². The molecule has 0 saturated carbocycles. The van der Waals surface area contributed by atoms with E-state index in [0.717, 1.165) is 16.2 Å². The van der Waals surface area contributed by atoms with Crippen LogP contribution in [0.25, 0.3) is 23.0 Å². The van der Waals surface area contributed by atoms with E-state index in [4.69, 9.17) is 19.3 Å². The fraction of sp³-hybridized carbons (Fsp3) is 0.214. The SMILES string of the molecule is COCCN1C(=O)C(C#N)=C(C)/C(=C\c2cn(-c3ccccc3)nc2-c2ccc(OC)c(OC)c2)C1=O. The summed E-state index contributed by atoms with van der Waals surface area (Å²) in [5.41, 5.74) is 3.24. The van der Waals surface area contributed by atoms with Crippen LogP contribution in [0, 0.1) is 11.3 Å². The van der Waals surface area contributed by atoms with Crippen molar-refractivity contribution < 1.29 is 23.8 Å². The van der Waals surface area contributed by atoms with E-state index < -0.39 is 11.8 Å². The van der Waals surface area contributed by atoms with E-state index in [1.807, 2.05) is 42.5 Å². The summed E-state index contributed by atoms with van der Waals surface area (Å²) in [5, 5.41) is 14.5. The maximum Gasteiger partial charge on any atom is 0.271 e. The Morgan fingerprint density at radius 3 is 2.38 bits per heavy atom. The number of hydrogen-bond donors (Lipinski definition) is 0. The highest BCUT2D eigenvalue weighted by atomic mass is 16.5. The first-order valence-corrected chi connectivity index (χ1v) is 11.5. The van der Waals surface area contributed by atoms with Crippen molar-refractivity contribution >= 4 is 17.9 Å². The second kappa shape index (κ2) is 10.9. The van der Waals surface area contributed by atoms with Gasteiger partial charge in [-0.3, -0.25) is 14.5 Å². The lowest BCUT2D eigenvalue weighted by atomic mass is 9.93. The first kappa shape index (κ1) is 25.4. The van der Waals surface area contributed by atoms with Gasteiger partial charge in [0.05, 0.1) is 33.1 Å². The van der Waals surface area contributed by atoms with Crippen LogP contribution >= 0.6 is 0 Å². The topological polar surface area (TPSA) is 107 Å². The maximum atomic E-state index is 13.4. The lowest BCUT2D eigenvalue weighted by Crippen LogP contribution is -2.44. The number of rotatable bonds is 8. The van der Waals surface area contributed by atoms with Gasteiger partial charge in [0, 0.05) is 30.0 Å². The molecule has 0 unspecified atom stereocenters. The van der Waals surface area contributed by atoms with E-state index in [1.54, 1.807) is 50.2 Å². The van der Waals surface area contributed by atoms with Gasteiger partial charge in [-0.05, 0) is 48.9 Å². The standard InChI is InChI=1S/C28H26N4O5/c1-18-22(27(33)31(12-13-35-2)28(34)23(18)16-29)14-20-17-32(21-8-6-5-7-9-21)30-26(20)19-10-11-24(36-3)25(15-19)37-4/h5-11,14-15,17H,12-13H2,1-4H3/b22-14+. The number of carbonyl (C=O) groups excluding carboxylic acids is 2. The number of nitrogens with zero attached hydrogens (tertiary/aromatic N) is 4. The molecule has 37 heavy (non-hydrogen) atoms. The van der Waals surface area contributed by atoms with Crippen LogP contribution in [0.15, 0.2) is 71.4 Å². The second-order valence-electron chi connectivity index (χ2n) is 8.21. The third-order valence-corrected chi connectivity index (χ3v) is 6.06. The molecule has 3 aromatic rings. The van der Waals surface area contributed by atoms with Crippen molar-refractivity contribution in [3.63, 3.8) is 0 Å². The minimum absolute atomic E-state index is 0.0375. The average molecular weight is 499 g/mol. The number of benzene rings is 2. The molecule has 0 bridgehead atoms. The average Bonchev–Trinajstić information content (AvgIpc) is 3.35. The van der Waals surface area contributed by atoms with Crippen LogP contribution in [0.2, 0.25) is 0 Å². The smallest absolute Gasteiger partial charge is 0.271 e. The Balaban J connectivity index is 1.92. The summed E-state index contributed by atoms with van der Waals surface area (Å²) in [4.78, 5) is 27.2. The molecule has 188 valence electrons. The third kappa shape index (κ3) is 4.87. The fourth-order valence-electron chi connectivity index (χ4n) is 4.08. The number of imide groups is 1. The van der Waals surface area contributed by atoms with Gasteiger partial charge in [-0.2, -0.15) is 10.4 Å². The van der Waals surface area contributed by atoms with E-state index in [2.05, 4.69) is 0 Å². The number of methoxy groups -OCH3 is 3. The first-order chi connectivity index (χ1) is 17.9. The van der Waals surface area contributed by atoms with Gasteiger partial charge in [-0.25, -0.2) is 4.68 Å². The zero-order chi connectivity index (χ0) is 26.5. The lowest BCUT2D eigenvalue weighted by Gasteiger charge is -2.27. The molecular formula is C28H26N4O5. The Morgan fingerprint density at radius 1 is 1.00 bits per heavy atom. The molecule has 1 aliphatic heterocycles. The molecule has 0 radical (unpaired) electrons. The van der Waals surface area contributed by atoms with E-state index in [1.165, 1.54) is 7.11 Å². The zero-order valence-electron chi connectivity index (χ0n) is 21.0. The number of para-hydroxylation sites is 1. The molecule has 0 spiro atoms.